The molecule has 0 aliphatic heterocycles. The first kappa shape index (κ1) is 20.2. The molecule has 3 nitrogen and oxygen atoms in total. The van der Waals surface area contributed by atoms with Crippen LogP contribution in [0.25, 0.3) is 17.2 Å². The quantitative estimate of drug-likeness (QED) is 0.541. The van der Waals surface area contributed by atoms with E-state index in [0.717, 1.165) is 23.3 Å². The summed E-state index contributed by atoms with van der Waals surface area (Å²) in [7, 11) is 0. The van der Waals surface area contributed by atoms with Crippen LogP contribution >= 0.6 is 0 Å². The fourth-order valence-corrected chi connectivity index (χ4v) is 2.71. The highest BCUT2D eigenvalue weighted by Gasteiger charge is 2.29. The molecular formula is C23H17F3O3. The predicted molar refractivity (Wildman–Crippen MR) is 105 cm³/mol. The Balaban J connectivity index is 1.63. The second kappa shape index (κ2) is 8.65. The van der Waals surface area contributed by atoms with Gasteiger partial charge in [0.1, 0.15) is 12.4 Å². The van der Waals surface area contributed by atoms with Gasteiger partial charge in [0.25, 0.3) is 0 Å². The number of benzene rings is 3. The number of rotatable bonds is 6. The van der Waals surface area contributed by atoms with Crippen LogP contribution in [0.4, 0.5) is 13.2 Å². The largest absolute Gasteiger partial charge is 0.490 e. The van der Waals surface area contributed by atoms with Crippen LogP contribution in [0, 0.1) is 0 Å². The van der Waals surface area contributed by atoms with Gasteiger partial charge in [-0.15, -0.1) is 0 Å². The number of hydrogen-bond acceptors (Lipinski definition) is 2. The van der Waals surface area contributed by atoms with Gasteiger partial charge in [-0.05, 0) is 59.2 Å². The monoisotopic (exact) mass is 398 g/mol. The molecule has 0 fully saturated rings. The number of carboxylic acid groups (broad SMARTS) is 1. The number of carbonyl (C=O) groups is 1. The van der Waals surface area contributed by atoms with Crippen LogP contribution in [0.5, 0.6) is 5.75 Å². The van der Waals surface area contributed by atoms with Crippen LogP contribution in [0.3, 0.4) is 0 Å². The van der Waals surface area contributed by atoms with E-state index < -0.39 is 17.7 Å². The van der Waals surface area contributed by atoms with E-state index >= 15 is 0 Å². The molecule has 0 spiro atoms. The predicted octanol–water partition coefficient (Wildman–Crippen LogP) is 6.16. The Morgan fingerprint density at radius 2 is 1.59 bits per heavy atom. The van der Waals surface area contributed by atoms with Crippen LogP contribution in [0.15, 0.2) is 78.9 Å². The zero-order valence-electron chi connectivity index (χ0n) is 15.2. The highest BCUT2D eigenvalue weighted by atomic mass is 19.4. The summed E-state index contributed by atoms with van der Waals surface area (Å²) in [6, 6.07) is 18.7. The summed E-state index contributed by atoms with van der Waals surface area (Å²) >= 11 is 0. The Morgan fingerprint density at radius 1 is 0.931 bits per heavy atom. The number of alkyl halides is 3. The molecule has 6 heteroatoms. The van der Waals surface area contributed by atoms with E-state index in [-0.39, 0.29) is 12.2 Å². The summed E-state index contributed by atoms with van der Waals surface area (Å²) in [5.41, 5.74) is 1.73. The summed E-state index contributed by atoms with van der Waals surface area (Å²) in [5, 5.41) is 9.11. The first-order chi connectivity index (χ1) is 13.8. The third-order valence-electron chi connectivity index (χ3n) is 4.17. The minimum Gasteiger partial charge on any atom is -0.490 e. The van der Waals surface area contributed by atoms with E-state index in [1.165, 1.54) is 18.2 Å². The molecule has 0 radical (unpaired) electrons. The zero-order valence-corrected chi connectivity index (χ0v) is 15.2. The molecule has 0 amide bonds. The Bertz CT molecular complexity index is 1020. The zero-order chi connectivity index (χ0) is 20.9. The summed E-state index contributed by atoms with van der Waals surface area (Å²) < 4.78 is 43.4. The number of carboxylic acids is 1. The molecule has 0 saturated carbocycles. The van der Waals surface area contributed by atoms with Crippen LogP contribution in [0.1, 0.15) is 21.5 Å². The Morgan fingerprint density at radius 3 is 2.24 bits per heavy atom. The summed E-state index contributed by atoms with van der Waals surface area (Å²) in [4.78, 5) is 11.1. The third-order valence-corrected chi connectivity index (χ3v) is 4.17. The highest BCUT2D eigenvalue weighted by molar-refractivity contribution is 5.89. The van der Waals surface area contributed by atoms with Crippen LogP contribution in [-0.4, -0.2) is 17.7 Å². The maximum absolute atomic E-state index is 12.6. The Kier molecular flexibility index (Phi) is 6.02. The number of ether oxygens (including phenoxy) is 1. The van der Waals surface area contributed by atoms with Crippen molar-refractivity contribution >= 4 is 12.0 Å². The molecular weight excluding hydrogens is 381 g/mol. The van der Waals surface area contributed by atoms with Crippen LogP contribution < -0.4 is 4.74 Å². The lowest BCUT2D eigenvalue weighted by atomic mass is 10.0. The van der Waals surface area contributed by atoms with Crippen molar-refractivity contribution in [3.05, 3.63) is 95.6 Å². The Labute approximate surface area is 165 Å². The van der Waals surface area contributed by atoms with Gasteiger partial charge >= 0.3 is 12.1 Å². The lowest BCUT2D eigenvalue weighted by molar-refractivity contribution is -0.137. The smallest absolute Gasteiger partial charge is 0.416 e. The average Bonchev–Trinajstić information content (AvgIpc) is 2.71. The minimum absolute atomic E-state index is 0.202. The van der Waals surface area contributed by atoms with Gasteiger partial charge < -0.3 is 9.84 Å². The standard InChI is InChI=1S/C23H17F3O3/c24-23(25,26)20-11-9-16(10-12-20)4-3-13-29-21-8-2-6-18(15-21)17-5-1-7-19(14-17)22(27)28/h1-12,14-15H,13H2,(H,27,28). The molecule has 0 aliphatic carbocycles. The van der Waals surface area contributed by atoms with Crippen molar-refractivity contribution in [3.63, 3.8) is 0 Å². The van der Waals surface area contributed by atoms with E-state index in [9.17, 15) is 18.0 Å². The number of aromatic carboxylic acids is 1. The molecule has 1 N–H and O–H groups in total. The molecule has 3 rings (SSSR count). The normalized spacial score (nSPS) is 11.6. The lowest BCUT2D eigenvalue weighted by Crippen LogP contribution is -2.03. The van der Waals surface area contributed by atoms with E-state index in [1.54, 1.807) is 42.5 Å². The number of hydrogen-bond donors (Lipinski definition) is 1. The van der Waals surface area contributed by atoms with Gasteiger partial charge in [-0.1, -0.05) is 42.5 Å². The van der Waals surface area contributed by atoms with Gasteiger partial charge in [-0.3, -0.25) is 0 Å². The van der Waals surface area contributed by atoms with E-state index in [0.29, 0.717) is 11.3 Å². The molecule has 3 aromatic rings. The lowest BCUT2D eigenvalue weighted by Gasteiger charge is -2.08. The fraction of sp³-hybridized carbons (Fsp3) is 0.0870. The molecule has 0 saturated heterocycles. The SMILES string of the molecule is O=C(O)c1cccc(-c2cccc(OCC=Cc3ccc(C(F)(F)F)cc3)c2)c1. The van der Waals surface area contributed by atoms with Gasteiger partial charge in [-0.25, -0.2) is 4.79 Å². The second-order valence-electron chi connectivity index (χ2n) is 6.25. The molecule has 0 atom stereocenters. The van der Waals surface area contributed by atoms with Gasteiger partial charge in [0.05, 0.1) is 11.1 Å². The average molecular weight is 398 g/mol. The van der Waals surface area contributed by atoms with Crippen molar-refractivity contribution in [1.82, 2.24) is 0 Å². The molecule has 29 heavy (non-hydrogen) atoms. The fourth-order valence-electron chi connectivity index (χ4n) is 2.71. The molecule has 0 unspecified atom stereocenters. The maximum atomic E-state index is 12.6. The van der Waals surface area contributed by atoms with E-state index in [1.807, 2.05) is 12.1 Å². The first-order valence-electron chi connectivity index (χ1n) is 8.73. The molecule has 3 aromatic carbocycles. The summed E-state index contributed by atoms with van der Waals surface area (Å²) in [6.45, 7) is 0.236. The summed E-state index contributed by atoms with van der Waals surface area (Å²) in [6.07, 6.45) is -0.957. The molecule has 0 aliphatic rings. The number of halogens is 3. The van der Waals surface area contributed by atoms with E-state index in [2.05, 4.69) is 0 Å². The van der Waals surface area contributed by atoms with Crippen LogP contribution in [-0.2, 0) is 6.18 Å². The summed E-state index contributed by atoms with van der Waals surface area (Å²) in [5.74, 6) is -0.395. The maximum Gasteiger partial charge on any atom is 0.416 e. The van der Waals surface area contributed by atoms with Gasteiger partial charge in [0, 0.05) is 0 Å². The molecule has 0 heterocycles. The van der Waals surface area contributed by atoms with Gasteiger partial charge in [0.2, 0.25) is 0 Å². The van der Waals surface area contributed by atoms with Gasteiger partial charge in [-0.2, -0.15) is 13.2 Å². The second-order valence-corrected chi connectivity index (χ2v) is 6.25. The highest BCUT2D eigenvalue weighted by Crippen LogP contribution is 2.29. The minimum atomic E-state index is -4.35. The van der Waals surface area contributed by atoms with Crippen molar-refractivity contribution in [2.75, 3.05) is 6.61 Å². The molecule has 0 aromatic heterocycles. The Hall–Kier alpha value is -3.54. The van der Waals surface area contributed by atoms with Crippen molar-refractivity contribution in [3.8, 4) is 16.9 Å². The van der Waals surface area contributed by atoms with Crippen LogP contribution in [0.2, 0.25) is 0 Å². The topological polar surface area (TPSA) is 46.5 Å². The first-order valence-corrected chi connectivity index (χ1v) is 8.73. The molecule has 0 bridgehead atoms. The van der Waals surface area contributed by atoms with Crippen molar-refractivity contribution < 1.29 is 27.8 Å². The van der Waals surface area contributed by atoms with Crippen molar-refractivity contribution in [2.24, 2.45) is 0 Å². The molecule has 148 valence electrons. The third kappa shape index (κ3) is 5.48. The van der Waals surface area contributed by atoms with Crippen molar-refractivity contribution in [2.45, 2.75) is 6.18 Å². The van der Waals surface area contributed by atoms with Gasteiger partial charge in [0.15, 0.2) is 0 Å². The van der Waals surface area contributed by atoms with Crippen molar-refractivity contribution in [1.29, 1.82) is 0 Å². The van der Waals surface area contributed by atoms with E-state index in [4.69, 9.17) is 9.84 Å².